The van der Waals surface area contributed by atoms with Gasteiger partial charge in [-0.3, -0.25) is 4.79 Å². The van der Waals surface area contributed by atoms with Crippen LogP contribution in [0.2, 0.25) is 0 Å². The van der Waals surface area contributed by atoms with Crippen LogP contribution in [0, 0.1) is 0 Å². The zero-order chi connectivity index (χ0) is 16.1. The van der Waals surface area contributed by atoms with Gasteiger partial charge >= 0.3 is 0 Å². The summed E-state index contributed by atoms with van der Waals surface area (Å²) >= 11 is 1.53. The average Bonchev–Trinajstić information content (AvgIpc) is 3.07. The fourth-order valence-corrected chi connectivity index (χ4v) is 4.02. The van der Waals surface area contributed by atoms with Crippen LogP contribution in [0.4, 0.5) is 0 Å². The minimum absolute atomic E-state index is 0.0767. The highest BCUT2D eigenvalue weighted by Crippen LogP contribution is 2.28. The first kappa shape index (κ1) is 16.2. The van der Waals surface area contributed by atoms with E-state index in [0.29, 0.717) is 6.04 Å². The molecule has 2 aromatic rings. The number of carbonyl (C=O) groups excluding carboxylic acids is 1. The van der Waals surface area contributed by atoms with Crippen molar-refractivity contribution < 1.29 is 4.79 Å². The third-order valence-corrected chi connectivity index (χ3v) is 5.33. The molecule has 2 heterocycles. The summed E-state index contributed by atoms with van der Waals surface area (Å²) in [5.74, 6) is 0.0767. The normalized spacial score (nSPS) is 16.4. The number of carbonyl (C=O) groups is 1. The Balaban J connectivity index is 1.63. The molecule has 3 nitrogen and oxygen atoms in total. The van der Waals surface area contributed by atoms with Crippen LogP contribution in [0.1, 0.15) is 35.9 Å². The maximum absolute atomic E-state index is 12.7. The van der Waals surface area contributed by atoms with Gasteiger partial charge in [0, 0.05) is 24.7 Å². The second-order valence-electron chi connectivity index (χ2n) is 6.12. The van der Waals surface area contributed by atoms with E-state index in [4.69, 9.17) is 0 Å². The number of nitrogens with one attached hydrogen (secondary N) is 1. The Kier molecular flexibility index (Phi) is 5.47. The van der Waals surface area contributed by atoms with Gasteiger partial charge in [-0.2, -0.15) is 0 Å². The molecule has 0 atom stereocenters. The number of amides is 1. The summed E-state index contributed by atoms with van der Waals surface area (Å²) < 4.78 is 0. The highest BCUT2D eigenvalue weighted by Gasteiger charge is 2.22. The van der Waals surface area contributed by atoms with Gasteiger partial charge in [0.25, 0.3) is 5.91 Å². The van der Waals surface area contributed by atoms with Gasteiger partial charge in [-0.05, 0) is 42.8 Å². The average molecular weight is 328 g/mol. The molecule has 1 aliphatic rings. The molecule has 0 unspecified atom stereocenters. The third kappa shape index (κ3) is 4.01. The van der Waals surface area contributed by atoms with E-state index in [2.05, 4.69) is 29.3 Å². The number of likely N-dealkylation sites (tertiary alicyclic amines) is 1. The highest BCUT2D eigenvalue weighted by atomic mass is 32.1. The molecule has 1 aromatic heterocycles. The van der Waals surface area contributed by atoms with E-state index in [9.17, 15) is 4.79 Å². The molecule has 1 aromatic carbocycles. The molecule has 0 spiro atoms. The molecule has 4 heteroatoms. The molecule has 23 heavy (non-hydrogen) atoms. The van der Waals surface area contributed by atoms with E-state index < -0.39 is 0 Å². The second kappa shape index (κ2) is 7.75. The van der Waals surface area contributed by atoms with Gasteiger partial charge in [-0.25, -0.2) is 0 Å². The molecule has 0 saturated carbocycles. The molecule has 1 saturated heterocycles. The molecule has 1 amide bonds. The Morgan fingerprint density at radius 2 is 1.96 bits per heavy atom. The molecule has 1 N–H and O–H groups in total. The molecular formula is C19H24N2OS. The zero-order valence-electron chi connectivity index (χ0n) is 13.6. The van der Waals surface area contributed by atoms with Crippen molar-refractivity contribution in [2.24, 2.45) is 0 Å². The van der Waals surface area contributed by atoms with Crippen molar-refractivity contribution >= 4 is 17.2 Å². The summed E-state index contributed by atoms with van der Waals surface area (Å²) in [5, 5.41) is 5.24. The van der Waals surface area contributed by atoms with Crippen molar-refractivity contribution in [2.75, 3.05) is 19.6 Å². The molecule has 0 aliphatic carbocycles. The molecule has 122 valence electrons. The van der Waals surface area contributed by atoms with Gasteiger partial charge in [0.15, 0.2) is 0 Å². The number of hydrogen-bond acceptors (Lipinski definition) is 3. The van der Waals surface area contributed by atoms with Gasteiger partial charge in [-0.1, -0.05) is 37.3 Å². The number of nitrogens with zero attached hydrogens (tertiary/aromatic N) is 1. The minimum atomic E-state index is 0.0767. The maximum atomic E-state index is 12.7. The summed E-state index contributed by atoms with van der Waals surface area (Å²) in [4.78, 5) is 16.0. The summed E-state index contributed by atoms with van der Waals surface area (Å²) in [6.45, 7) is 5.57. The van der Waals surface area contributed by atoms with Crippen molar-refractivity contribution in [3.63, 3.8) is 0 Å². The van der Waals surface area contributed by atoms with Gasteiger partial charge in [0.2, 0.25) is 0 Å². The number of benzene rings is 1. The number of thiophene rings is 1. The van der Waals surface area contributed by atoms with Crippen LogP contribution in [-0.4, -0.2) is 36.5 Å². The van der Waals surface area contributed by atoms with E-state index in [1.165, 1.54) is 24.3 Å². The Morgan fingerprint density at radius 3 is 2.65 bits per heavy atom. The Hall–Kier alpha value is -1.65. The first-order valence-corrected chi connectivity index (χ1v) is 9.32. The largest absolute Gasteiger partial charge is 0.348 e. The number of rotatable bonds is 5. The lowest BCUT2D eigenvalue weighted by atomic mass is 10.0. The van der Waals surface area contributed by atoms with Crippen LogP contribution in [0.5, 0.6) is 0 Å². The lowest BCUT2D eigenvalue weighted by Gasteiger charge is -2.32. The van der Waals surface area contributed by atoms with Crippen LogP contribution in [0.3, 0.4) is 0 Å². The molecular weight excluding hydrogens is 304 g/mol. The van der Waals surface area contributed by atoms with E-state index in [1.54, 1.807) is 0 Å². The monoisotopic (exact) mass is 328 g/mol. The van der Waals surface area contributed by atoms with E-state index in [-0.39, 0.29) is 5.91 Å². The van der Waals surface area contributed by atoms with Gasteiger partial charge in [0.1, 0.15) is 0 Å². The summed E-state index contributed by atoms with van der Waals surface area (Å²) in [5.41, 5.74) is 2.15. The molecule has 0 bridgehead atoms. The summed E-state index contributed by atoms with van der Waals surface area (Å²) in [7, 11) is 0. The van der Waals surface area contributed by atoms with Crippen molar-refractivity contribution in [3.8, 4) is 11.1 Å². The van der Waals surface area contributed by atoms with Crippen molar-refractivity contribution in [1.82, 2.24) is 10.2 Å². The van der Waals surface area contributed by atoms with Crippen LogP contribution >= 0.6 is 11.3 Å². The highest BCUT2D eigenvalue weighted by molar-refractivity contribution is 7.12. The van der Waals surface area contributed by atoms with Crippen molar-refractivity contribution in [1.29, 1.82) is 0 Å². The Bertz CT molecular complexity index is 630. The van der Waals surface area contributed by atoms with Crippen molar-refractivity contribution in [3.05, 3.63) is 46.7 Å². The lowest BCUT2D eigenvalue weighted by molar-refractivity contribution is 0.0916. The smallest absolute Gasteiger partial charge is 0.262 e. The Labute approximate surface area is 142 Å². The van der Waals surface area contributed by atoms with E-state index in [1.807, 2.05) is 29.6 Å². The number of hydrogen-bond donors (Lipinski definition) is 1. The van der Waals surface area contributed by atoms with E-state index >= 15 is 0 Å². The van der Waals surface area contributed by atoms with E-state index in [0.717, 1.165) is 41.9 Å². The van der Waals surface area contributed by atoms with Crippen LogP contribution in [0.25, 0.3) is 11.1 Å². The molecule has 1 aliphatic heterocycles. The first-order chi connectivity index (χ1) is 11.3. The Morgan fingerprint density at radius 1 is 1.22 bits per heavy atom. The van der Waals surface area contributed by atoms with Gasteiger partial charge in [-0.15, -0.1) is 11.3 Å². The van der Waals surface area contributed by atoms with Crippen molar-refractivity contribution in [2.45, 2.75) is 32.2 Å². The second-order valence-corrected chi connectivity index (χ2v) is 7.03. The van der Waals surface area contributed by atoms with Crippen LogP contribution in [-0.2, 0) is 0 Å². The SMILES string of the molecule is CCCN1CCC(NC(=O)c2sccc2-c2ccccc2)CC1. The predicted molar refractivity (Wildman–Crippen MR) is 97.0 cm³/mol. The molecule has 1 fully saturated rings. The maximum Gasteiger partial charge on any atom is 0.262 e. The summed E-state index contributed by atoms with van der Waals surface area (Å²) in [6.07, 6.45) is 3.31. The predicted octanol–water partition coefficient (Wildman–Crippen LogP) is 4.02. The fraction of sp³-hybridized carbons (Fsp3) is 0.421. The first-order valence-electron chi connectivity index (χ1n) is 8.44. The van der Waals surface area contributed by atoms with Gasteiger partial charge < -0.3 is 10.2 Å². The zero-order valence-corrected chi connectivity index (χ0v) is 14.4. The van der Waals surface area contributed by atoms with Crippen LogP contribution in [0.15, 0.2) is 41.8 Å². The topological polar surface area (TPSA) is 32.3 Å². The lowest BCUT2D eigenvalue weighted by Crippen LogP contribution is -2.44. The summed E-state index contributed by atoms with van der Waals surface area (Å²) in [6, 6.07) is 12.5. The minimum Gasteiger partial charge on any atom is -0.348 e. The molecule has 3 rings (SSSR count). The quantitative estimate of drug-likeness (QED) is 0.899. The third-order valence-electron chi connectivity index (χ3n) is 4.42. The fourth-order valence-electron chi connectivity index (χ4n) is 3.20. The number of piperidine rings is 1. The molecule has 0 radical (unpaired) electrons. The van der Waals surface area contributed by atoms with Gasteiger partial charge in [0.05, 0.1) is 4.88 Å². The van der Waals surface area contributed by atoms with Crippen LogP contribution < -0.4 is 5.32 Å². The standard InChI is InChI=1S/C19H24N2OS/c1-2-11-21-12-8-16(9-13-21)20-19(22)18-17(10-14-23-18)15-6-4-3-5-7-15/h3-7,10,14,16H,2,8-9,11-13H2,1H3,(H,20,22).